The smallest absolute Gasteiger partial charge is 0.306 e. The molecule has 2 unspecified atom stereocenters. The summed E-state index contributed by atoms with van der Waals surface area (Å²) >= 11 is 0. The van der Waals surface area contributed by atoms with Crippen LogP contribution in [0.1, 0.15) is 187 Å². The Balaban J connectivity index is 4.21. The summed E-state index contributed by atoms with van der Waals surface area (Å²) in [6.07, 6.45) is 52.3. The van der Waals surface area contributed by atoms with Crippen LogP contribution in [0.2, 0.25) is 0 Å². The number of hydrogen-bond donors (Lipinski definition) is 0. The van der Waals surface area contributed by atoms with Crippen LogP contribution < -0.4 is 4.89 Å². The molecule has 0 fully saturated rings. The van der Waals surface area contributed by atoms with Gasteiger partial charge in [0.1, 0.15) is 19.3 Å². The number of quaternary nitrogens is 1. The lowest BCUT2D eigenvalue weighted by molar-refractivity contribution is -0.870. The van der Waals surface area contributed by atoms with E-state index in [1.54, 1.807) is 0 Å². The van der Waals surface area contributed by atoms with Crippen molar-refractivity contribution in [2.45, 2.75) is 193 Å². The molecule has 2 atom stereocenters. The largest absolute Gasteiger partial charge is 0.756 e. The van der Waals surface area contributed by atoms with Gasteiger partial charge in [-0.05, 0) is 57.8 Å². The van der Waals surface area contributed by atoms with Gasteiger partial charge >= 0.3 is 5.97 Å². The highest BCUT2D eigenvalue weighted by atomic mass is 31.2. The second kappa shape index (κ2) is 41.9. The van der Waals surface area contributed by atoms with Crippen molar-refractivity contribution in [3.63, 3.8) is 0 Å². The van der Waals surface area contributed by atoms with Gasteiger partial charge in [-0.2, -0.15) is 0 Å². The van der Waals surface area contributed by atoms with E-state index in [0.717, 1.165) is 77.0 Å². The third kappa shape index (κ3) is 45.3. The van der Waals surface area contributed by atoms with Gasteiger partial charge in [0.2, 0.25) is 0 Å². The highest BCUT2D eigenvalue weighted by molar-refractivity contribution is 7.45. The average molecular weight is 836 g/mol. The van der Waals surface area contributed by atoms with Crippen LogP contribution in [0.4, 0.5) is 0 Å². The quantitative estimate of drug-likeness (QED) is 0.0198. The van der Waals surface area contributed by atoms with Gasteiger partial charge in [-0.1, -0.05) is 184 Å². The summed E-state index contributed by atoms with van der Waals surface area (Å²) in [4.78, 5) is 25.1. The van der Waals surface area contributed by atoms with Crippen LogP contribution in [0.5, 0.6) is 0 Å². The lowest BCUT2D eigenvalue weighted by atomic mass is 10.0. The van der Waals surface area contributed by atoms with Gasteiger partial charge in [-0.15, -0.1) is 0 Å². The fourth-order valence-electron chi connectivity index (χ4n) is 6.22. The van der Waals surface area contributed by atoms with E-state index in [1.807, 2.05) is 21.1 Å². The maximum Gasteiger partial charge on any atom is 0.306 e. The van der Waals surface area contributed by atoms with Crippen LogP contribution in [-0.4, -0.2) is 70.7 Å². The molecule has 0 amide bonds. The van der Waals surface area contributed by atoms with E-state index < -0.39 is 13.9 Å². The molecule has 8 nitrogen and oxygen atoms in total. The van der Waals surface area contributed by atoms with Crippen molar-refractivity contribution in [2.24, 2.45) is 0 Å². The molecule has 0 spiro atoms. The number of hydrogen-bond acceptors (Lipinski definition) is 7. The first-order valence-electron chi connectivity index (χ1n) is 23.5. The van der Waals surface area contributed by atoms with Crippen LogP contribution in [0.25, 0.3) is 0 Å². The molecule has 0 saturated carbocycles. The van der Waals surface area contributed by atoms with Gasteiger partial charge in [0, 0.05) is 13.0 Å². The summed E-state index contributed by atoms with van der Waals surface area (Å²) in [5, 5.41) is 0. The normalized spacial score (nSPS) is 14.2. The van der Waals surface area contributed by atoms with Crippen molar-refractivity contribution in [3.05, 3.63) is 60.8 Å². The summed E-state index contributed by atoms with van der Waals surface area (Å²) in [6, 6.07) is 0. The van der Waals surface area contributed by atoms with Crippen LogP contribution in [0, 0.1) is 0 Å². The SMILES string of the molecule is CC/C=C\C/C=C\C/C=C\C/C=C\C/C=C\CCCCCCCCOCC(COP(=O)([O-])OCC[N+](C)(C)C)OC(=O)CCCCCCCCCCCCCCCC. The first-order chi connectivity index (χ1) is 28.1. The third-order valence-electron chi connectivity index (χ3n) is 9.83. The predicted molar refractivity (Wildman–Crippen MR) is 245 cm³/mol. The summed E-state index contributed by atoms with van der Waals surface area (Å²) in [7, 11) is 1.34. The van der Waals surface area contributed by atoms with E-state index in [1.165, 1.54) is 89.9 Å². The summed E-state index contributed by atoms with van der Waals surface area (Å²) in [5.74, 6) is -0.340. The molecule has 0 rings (SSSR count). The first-order valence-corrected chi connectivity index (χ1v) is 25.0. The minimum atomic E-state index is -4.53. The van der Waals surface area contributed by atoms with Crippen molar-refractivity contribution >= 4 is 13.8 Å². The molecule has 0 aromatic rings. The molecule has 0 N–H and O–H groups in total. The number of rotatable bonds is 43. The lowest BCUT2D eigenvalue weighted by Gasteiger charge is -2.28. The first kappa shape index (κ1) is 56.2. The molecule has 338 valence electrons. The number of carbonyl (C=O) groups is 1. The summed E-state index contributed by atoms with van der Waals surface area (Å²) in [6.45, 7) is 5.27. The molecule has 9 heteroatoms. The molecule has 0 aromatic carbocycles. The molecular weight excluding hydrogens is 746 g/mol. The Kier molecular flexibility index (Phi) is 40.6. The average Bonchev–Trinajstić information content (AvgIpc) is 3.18. The third-order valence-corrected chi connectivity index (χ3v) is 10.8. The number of ether oxygens (including phenoxy) is 2. The van der Waals surface area contributed by atoms with Crippen LogP contribution >= 0.6 is 7.82 Å². The van der Waals surface area contributed by atoms with Crippen molar-refractivity contribution in [1.82, 2.24) is 0 Å². The van der Waals surface area contributed by atoms with Gasteiger partial charge < -0.3 is 27.9 Å². The van der Waals surface area contributed by atoms with E-state index in [4.69, 9.17) is 18.5 Å². The van der Waals surface area contributed by atoms with E-state index in [-0.39, 0.29) is 25.8 Å². The fraction of sp³-hybridized carbons (Fsp3) is 0.776. The van der Waals surface area contributed by atoms with Gasteiger partial charge in [-0.3, -0.25) is 9.36 Å². The van der Waals surface area contributed by atoms with Crippen LogP contribution in [-0.2, 0) is 27.9 Å². The standard InChI is InChI=1S/C49H90NO7P/c1-6-8-10-12-14-16-18-20-22-23-24-25-26-27-28-29-31-33-35-37-39-41-44-54-46-48(47-56-58(52,53)55-45-43-50(3,4)5)57-49(51)42-40-38-36-34-32-30-21-19-17-15-13-11-9-7-2/h8,10,14,16,20,22,24-25,27-28,48H,6-7,9,11-13,15,17-19,21,23,26,29-47H2,1-5H3/b10-8-,16-14-,22-20-,25-24-,28-27-. The minimum absolute atomic E-state index is 0.0216. The lowest BCUT2D eigenvalue weighted by Crippen LogP contribution is -2.37. The van der Waals surface area contributed by atoms with Gasteiger partial charge in [0.15, 0.2) is 0 Å². The predicted octanol–water partition coefficient (Wildman–Crippen LogP) is 13.5. The van der Waals surface area contributed by atoms with Crippen LogP contribution in [0.15, 0.2) is 60.8 Å². The highest BCUT2D eigenvalue weighted by Crippen LogP contribution is 2.38. The fourth-order valence-corrected chi connectivity index (χ4v) is 6.95. The zero-order valence-electron chi connectivity index (χ0n) is 38.2. The number of esters is 1. The number of unbranched alkanes of at least 4 members (excludes halogenated alkanes) is 19. The van der Waals surface area contributed by atoms with Crippen molar-refractivity contribution in [2.75, 3.05) is 54.1 Å². The Morgan fingerprint density at radius 3 is 1.50 bits per heavy atom. The number of phosphoric acid groups is 1. The Morgan fingerprint density at radius 1 is 0.552 bits per heavy atom. The Morgan fingerprint density at radius 2 is 1.00 bits per heavy atom. The zero-order valence-corrected chi connectivity index (χ0v) is 39.1. The zero-order chi connectivity index (χ0) is 42.7. The van der Waals surface area contributed by atoms with Gasteiger partial charge in [0.25, 0.3) is 7.82 Å². The number of phosphoric ester groups is 1. The number of allylic oxidation sites excluding steroid dienone is 10. The van der Waals surface area contributed by atoms with Gasteiger partial charge in [0.05, 0.1) is 34.4 Å². The topological polar surface area (TPSA) is 94.1 Å². The van der Waals surface area contributed by atoms with Crippen molar-refractivity contribution in [1.29, 1.82) is 0 Å². The van der Waals surface area contributed by atoms with Crippen LogP contribution in [0.3, 0.4) is 0 Å². The highest BCUT2D eigenvalue weighted by Gasteiger charge is 2.20. The molecule has 0 aliphatic carbocycles. The molecule has 0 heterocycles. The van der Waals surface area contributed by atoms with E-state index in [9.17, 15) is 14.3 Å². The summed E-state index contributed by atoms with van der Waals surface area (Å²) < 4.78 is 34.6. The molecule has 58 heavy (non-hydrogen) atoms. The number of carbonyl (C=O) groups excluding carboxylic acids is 1. The maximum atomic E-state index is 12.7. The monoisotopic (exact) mass is 836 g/mol. The maximum absolute atomic E-state index is 12.7. The molecule has 0 radical (unpaired) electrons. The molecule has 0 aromatic heterocycles. The number of nitrogens with zero attached hydrogens (tertiary/aromatic N) is 1. The second-order valence-corrected chi connectivity index (χ2v) is 18.2. The molecule has 0 bridgehead atoms. The Labute approximate surface area is 358 Å². The van der Waals surface area contributed by atoms with E-state index >= 15 is 0 Å². The Bertz CT molecular complexity index is 1110. The Hall–Kier alpha value is -1.80. The van der Waals surface area contributed by atoms with Crippen molar-refractivity contribution in [3.8, 4) is 0 Å². The van der Waals surface area contributed by atoms with E-state index in [0.29, 0.717) is 24.1 Å². The molecular formula is C49H90NO7P. The second-order valence-electron chi connectivity index (χ2n) is 16.7. The number of likely N-dealkylation sites (N-methyl/N-ethyl adjacent to an activating group) is 1. The molecule has 0 aliphatic heterocycles. The summed E-state index contributed by atoms with van der Waals surface area (Å²) in [5.41, 5.74) is 0. The van der Waals surface area contributed by atoms with Gasteiger partial charge in [-0.25, -0.2) is 0 Å². The van der Waals surface area contributed by atoms with Crippen molar-refractivity contribution < 1.29 is 37.3 Å². The molecule has 0 saturated heterocycles. The minimum Gasteiger partial charge on any atom is -0.756 e. The molecule has 0 aliphatic rings. The van der Waals surface area contributed by atoms with E-state index in [2.05, 4.69) is 74.6 Å².